The summed E-state index contributed by atoms with van der Waals surface area (Å²) in [5, 5.41) is 5.54. The van der Waals surface area contributed by atoms with E-state index >= 15 is 0 Å². The van der Waals surface area contributed by atoms with Crippen LogP contribution in [0, 0.1) is 0 Å². The maximum atomic E-state index is 12.9. The van der Waals surface area contributed by atoms with Crippen molar-refractivity contribution in [3.05, 3.63) is 65.2 Å². The smallest absolute Gasteiger partial charge is 0.324 e. The van der Waals surface area contributed by atoms with E-state index in [1.807, 2.05) is 24.3 Å². The Balaban J connectivity index is 1.55. The number of hydrogen-bond acceptors (Lipinski definition) is 4. The molecule has 0 spiro atoms. The molecule has 7 nitrogen and oxygen atoms in total. The van der Waals surface area contributed by atoms with Gasteiger partial charge in [-0.05, 0) is 17.7 Å². The number of fused-ring (bicyclic) bond motifs is 1. The van der Waals surface area contributed by atoms with Crippen LogP contribution in [0.1, 0.15) is 33.9 Å². The van der Waals surface area contributed by atoms with E-state index in [0.717, 1.165) is 16.2 Å². The third-order valence-corrected chi connectivity index (χ3v) is 4.79. The summed E-state index contributed by atoms with van der Waals surface area (Å²) in [5.74, 6) is 0.245. The van der Waals surface area contributed by atoms with Crippen molar-refractivity contribution in [2.24, 2.45) is 0 Å². The molecule has 7 heteroatoms. The minimum atomic E-state index is -0.437. The molecular weight excluding hydrogens is 346 g/mol. The van der Waals surface area contributed by atoms with Crippen molar-refractivity contribution in [3.63, 3.8) is 0 Å². The summed E-state index contributed by atoms with van der Waals surface area (Å²) in [4.78, 5) is 37.7. The quantitative estimate of drug-likeness (QED) is 0.811. The van der Waals surface area contributed by atoms with Crippen LogP contribution in [0.25, 0.3) is 0 Å². The van der Waals surface area contributed by atoms with Crippen molar-refractivity contribution in [1.82, 2.24) is 15.5 Å². The fourth-order valence-corrected chi connectivity index (χ4v) is 3.39. The average Bonchev–Trinajstić information content (AvgIpc) is 3.01. The van der Waals surface area contributed by atoms with Gasteiger partial charge < -0.3 is 15.4 Å². The molecule has 138 valence electrons. The van der Waals surface area contributed by atoms with Crippen LogP contribution in [0.4, 0.5) is 4.79 Å². The van der Waals surface area contributed by atoms with Gasteiger partial charge in [-0.2, -0.15) is 0 Å². The average molecular weight is 365 g/mol. The van der Waals surface area contributed by atoms with Gasteiger partial charge in [-0.25, -0.2) is 4.79 Å². The van der Waals surface area contributed by atoms with E-state index in [1.165, 1.54) is 0 Å². The molecule has 2 aromatic carbocycles. The van der Waals surface area contributed by atoms with Gasteiger partial charge in [0.2, 0.25) is 5.91 Å². The number of nitrogens with zero attached hydrogens (tertiary/aromatic N) is 1. The molecular formula is C20H19N3O4. The van der Waals surface area contributed by atoms with Gasteiger partial charge in [0.15, 0.2) is 0 Å². The summed E-state index contributed by atoms with van der Waals surface area (Å²) in [6.45, 7) is 0.594. The van der Waals surface area contributed by atoms with Crippen molar-refractivity contribution in [2.45, 2.75) is 19.0 Å². The molecule has 0 aliphatic carbocycles. The van der Waals surface area contributed by atoms with Crippen LogP contribution in [0.15, 0.2) is 48.5 Å². The highest BCUT2D eigenvalue weighted by Gasteiger charge is 2.30. The summed E-state index contributed by atoms with van der Waals surface area (Å²) in [5.41, 5.74) is 2.03. The highest BCUT2D eigenvalue weighted by atomic mass is 16.5. The Kier molecular flexibility index (Phi) is 4.50. The Morgan fingerprint density at radius 1 is 1.15 bits per heavy atom. The van der Waals surface area contributed by atoms with Gasteiger partial charge in [0.25, 0.3) is 5.91 Å². The number of para-hydroxylation sites is 1. The van der Waals surface area contributed by atoms with Gasteiger partial charge in [-0.1, -0.05) is 36.4 Å². The molecule has 2 aromatic rings. The second-order valence-corrected chi connectivity index (χ2v) is 6.50. The van der Waals surface area contributed by atoms with Crippen LogP contribution < -0.4 is 15.4 Å². The third kappa shape index (κ3) is 3.36. The second-order valence-electron chi connectivity index (χ2n) is 6.50. The summed E-state index contributed by atoms with van der Waals surface area (Å²) in [6.07, 6.45) is 0.679. The lowest BCUT2D eigenvalue weighted by atomic mass is 9.99. The number of carbonyl (C=O) groups excluding carboxylic acids is 3. The first-order valence-electron chi connectivity index (χ1n) is 8.82. The van der Waals surface area contributed by atoms with Crippen molar-refractivity contribution in [1.29, 1.82) is 0 Å². The summed E-state index contributed by atoms with van der Waals surface area (Å²) < 4.78 is 5.64. The van der Waals surface area contributed by atoms with E-state index in [1.54, 1.807) is 24.3 Å². The van der Waals surface area contributed by atoms with E-state index in [0.29, 0.717) is 24.2 Å². The van der Waals surface area contributed by atoms with Gasteiger partial charge in [0.1, 0.15) is 5.75 Å². The zero-order valence-electron chi connectivity index (χ0n) is 14.6. The van der Waals surface area contributed by atoms with Crippen LogP contribution >= 0.6 is 0 Å². The monoisotopic (exact) mass is 365 g/mol. The number of benzene rings is 2. The SMILES string of the molecule is O=C(NC1CCOc2ccccc21)c1ccccc1CN1C(=O)CNC1=O. The lowest BCUT2D eigenvalue weighted by molar-refractivity contribution is -0.125. The van der Waals surface area contributed by atoms with Gasteiger partial charge >= 0.3 is 6.03 Å². The molecule has 1 atom stereocenters. The van der Waals surface area contributed by atoms with Gasteiger partial charge in [0, 0.05) is 17.5 Å². The Morgan fingerprint density at radius 2 is 1.93 bits per heavy atom. The second kappa shape index (κ2) is 7.11. The first-order chi connectivity index (χ1) is 13.1. The summed E-state index contributed by atoms with van der Waals surface area (Å²) >= 11 is 0. The standard InChI is InChI=1S/C20H19N3O4/c24-18-11-21-20(26)23(18)12-13-5-1-2-6-14(13)19(25)22-16-9-10-27-17-8-4-3-7-15(16)17/h1-8,16H,9-12H2,(H,21,26)(H,22,25). The number of nitrogens with one attached hydrogen (secondary N) is 2. The minimum absolute atomic E-state index is 0.00788. The molecule has 4 amide bonds. The molecule has 2 aliphatic rings. The predicted molar refractivity (Wildman–Crippen MR) is 97.2 cm³/mol. The Hall–Kier alpha value is -3.35. The van der Waals surface area contributed by atoms with Crippen molar-refractivity contribution >= 4 is 17.8 Å². The molecule has 0 aromatic heterocycles. The number of ether oxygens (including phenoxy) is 1. The molecule has 0 saturated carbocycles. The highest BCUT2D eigenvalue weighted by molar-refractivity contribution is 6.02. The van der Waals surface area contributed by atoms with Gasteiger partial charge in [0.05, 0.1) is 25.7 Å². The van der Waals surface area contributed by atoms with Crippen LogP contribution in [0.5, 0.6) is 5.75 Å². The summed E-state index contributed by atoms with van der Waals surface area (Å²) in [7, 11) is 0. The first kappa shape index (κ1) is 17.1. The Bertz CT molecular complexity index is 896. The van der Waals surface area contributed by atoms with E-state index in [-0.39, 0.29) is 30.9 Å². The highest BCUT2D eigenvalue weighted by Crippen LogP contribution is 2.31. The number of imide groups is 1. The topological polar surface area (TPSA) is 87.7 Å². The van der Waals surface area contributed by atoms with Crippen molar-refractivity contribution in [2.75, 3.05) is 13.2 Å². The minimum Gasteiger partial charge on any atom is -0.493 e. The largest absolute Gasteiger partial charge is 0.493 e. The molecule has 27 heavy (non-hydrogen) atoms. The fraction of sp³-hybridized carbons (Fsp3) is 0.250. The molecule has 0 bridgehead atoms. The van der Waals surface area contributed by atoms with Crippen LogP contribution in [-0.2, 0) is 11.3 Å². The van der Waals surface area contributed by atoms with Crippen molar-refractivity contribution in [3.8, 4) is 5.75 Å². The van der Waals surface area contributed by atoms with Crippen molar-refractivity contribution < 1.29 is 19.1 Å². The number of carbonyl (C=O) groups is 3. The van der Waals surface area contributed by atoms with E-state index in [4.69, 9.17) is 4.74 Å². The number of hydrogen-bond donors (Lipinski definition) is 2. The lowest BCUT2D eigenvalue weighted by Gasteiger charge is -2.27. The van der Waals surface area contributed by atoms with E-state index in [9.17, 15) is 14.4 Å². The van der Waals surface area contributed by atoms with Crippen LogP contribution in [0.2, 0.25) is 0 Å². The molecule has 1 unspecified atom stereocenters. The number of rotatable bonds is 4. The molecule has 2 aliphatic heterocycles. The number of urea groups is 1. The summed E-state index contributed by atoms with van der Waals surface area (Å²) in [6, 6.07) is 14.1. The molecule has 1 fully saturated rings. The molecule has 1 saturated heterocycles. The zero-order valence-corrected chi connectivity index (χ0v) is 14.6. The normalized spacial score (nSPS) is 18.5. The van der Waals surface area contributed by atoms with E-state index < -0.39 is 6.03 Å². The fourth-order valence-electron chi connectivity index (χ4n) is 3.39. The van der Waals surface area contributed by atoms with Crippen LogP contribution in [0.3, 0.4) is 0 Å². The molecule has 2 N–H and O–H groups in total. The number of amides is 4. The van der Waals surface area contributed by atoms with Gasteiger partial charge in [-0.15, -0.1) is 0 Å². The first-order valence-corrected chi connectivity index (χ1v) is 8.82. The van der Waals surface area contributed by atoms with Crippen LogP contribution in [-0.4, -0.2) is 35.9 Å². The molecule has 4 rings (SSSR count). The maximum Gasteiger partial charge on any atom is 0.324 e. The van der Waals surface area contributed by atoms with E-state index in [2.05, 4.69) is 10.6 Å². The van der Waals surface area contributed by atoms with Gasteiger partial charge in [-0.3, -0.25) is 14.5 Å². The maximum absolute atomic E-state index is 12.9. The lowest BCUT2D eigenvalue weighted by Crippen LogP contribution is -2.34. The Morgan fingerprint density at radius 3 is 2.74 bits per heavy atom. The Labute approximate surface area is 156 Å². The zero-order chi connectivity index (χ0) is 18.8. The third-order valence-electron chi connectivity index (χ3n) is 4.79. The predicted octanol–water partition coefficient (Wildman–Crippen LogP) is 1.99. The molecule has 0 radical (unpaired) electrons. The molecule has 2 heterocycles.